The van der Waals surface area contributed by atoms with Gasteiger partial charge in [-0.2, -0.15) is 0 Å². The van der Waals surface area contributed by atoms with Crippen LogP contribution < -0.4 is 10.5 Å². The maximum Gasteiger partial charge on any atom is 0.190 e. The number of ether oxygens (including phenoxy) is 1. The lowest BCUT2D eigenvalue weighted by atomic mass is 10.3. The first-order valence-corrected chi connectivity index (χ1v) is 5.76. The summed E-state index contributed by atoms with van der Waals surface area (Å²) in [5.41, 5.74) is 5.37. The SMILES string of the molecule is Nc1cc(F)c(OCCN2CCCC2)c(F)c1. The van der Waals surface area contributed by atoms with Crippen LogP contribution in [0.1, 0.15) is 12.8 Å². The van der Waals surface area contributed by atoms with Crippen LogP contribution in [0.5, 0.6) is 5.75 Å². The highest BCUT2D eigenvalue weighted by Gasteiger charge is 2.14. The molecule has 5 heteroatoms. The molecule has 17 heavy (non-hydrogen) atoms. The largest absolute Gasteiger partial charge is 0.486 e. The number of halogens is 2. The van der Waals surface area contributed by atoms with E-state index in [0.29, 0.717) is 6.54 Å². The second kappa shape index (κ2) is 5.31. The number of benzene rings is 1. The van der Waals surface area contributed by atoms with Crippen molar-refractivity contribution in [2.24, 2.45) is 0 Å². The van der Waals surface area contributed by atoms with Crippen molar-refractivity contribution < 1.29 is 13.5 Å². The van der Waals surface area contributed by atoms with Crippen LogP contribution in [0.3, 0.4) is 0 Å². The van der Waals surface area contributed by atoms with Gasteiger partial charge in [-0.1, -0.05) is 0 Å². The number of nitrogens with two attached hydrogens (primary N) is 1. The summed E-state index contributed by atoms with van der Waals surface area (Å²) in [6.07, 6.45) is 2.37. The first kappa shape index (κ1) is 12.1. The third-order valence-corrected chi connectivity index (χ3v) is 2.87. The first-order chi connectivity index (χ1) is 8.16. The Morgan fingerprint density at radius 2 is 1.76 bits per heavy atom. The Kier molecular flexibility index (Phi) is 3.78. The van der Waals surface area contributed by atoms with Gasteiger partial charge in [0.15, 0.2) is 17.4 Å². The predicted octanol–water partition coefficient (Wildman–Crippen LogP) is 2.02. The Morgan fingerprint density at radius 3 is 2.35 bits per heavy atom. The minimum Gasteiger partial charge on any atom is -0.486 e. The van der Waals surface area contributed by atoms with Gasteiger partial charge in [-0.25, -0.2) is 8.78 Å². The highest BCUT2D eigenvalue weighted by molar-refractivity contribution is 5.44. The van der Waals surface area contributed by atoms with Crippen LogP contribution >= 0.6 is 0 Å². The van der Waals surface area contributed by atoms with Crippen molar-refractivity contribution in [1.82, 2.24) is 4.90 Å². The number of nitrogens with zero attached hydrogens (tertiary/aromatic N) is 1. The van der Waals surface area contributed by atoms with E-state index >= 15 is 0 Å². The summed E-state index contributed by atoms with van der Waals surface area (Å²) in [5, 5.41) is 0. The number of hydrogen-bond acceptors (Lipinski definition) is 3. The molecule has 3 nitrogen and oxygen atoms in total. The van der Waals surface area contributed by atoms with Crippen molar-refractivity contribution in [2.45, 2.75) is 12.8 Å². The molecule has 1 aliphatic heterocycles. The lowest BCUT2D eigenvalue weighted by molar-refractivity contribution is 0.223. The van der Waals surface area contributed by atoms with Crippen molar-refractivity contribution in [3.8, 4) is 5.75 Å². The zero-order valence-corrected chi connectivity index (χ0v) is 9.59. The predicted molar refractivity (Wildman–Crippen MR) is 61.9 cm³/mol. The Morgan fingerprint density at radius 1 is 1.18 bits per heavy atom. The molecule has 0 amide bonds. The van der Waals surface area contributed by atoms with Crippen molar-refractivity contribution in [1.29, 1.82) is 0 Å². The second-order valence-electron chi connectivity index (χ2n) is 4.21. The Bertz CT molecular complexity index is 369. The summed E-state index contributed by atoms with van der Waals surface area (Å²) in [4.78, 5) is 2.22. The summed E-state index contributed by atoms with van der Waals surface area (Å²) in [6, 6.07) is 2.13. The number of rotatable bonds is 4. The zero-order chi connectivity index (χ0) is 12.3. The molecule has 1 saturated heterocycles. The van der Waals surface area contributed by atoms with Crippen LogP contribution in [0.15, 0.2) is 12.1 Å². The Hall–Kier alpha value is -1.36. The van der Waals surface area contributed by atoms with Crippen LogP contribution in [0.25, 0.3) is 0 Å². The standard InChI is InChI=1S/C12H16F2N2O/c13-10-7-9(15)8-11(14)12(10)17-6-5-16-3-1-2-4-16/h7-8H,1-6,15H2. The van der Waals surface area contributed by atoms with Crippen LogP contribution in [0.2, 0.25) is 0 Å². The monoisotopic (exact) mass is 242 g/mol. The average molecular weight is 242 g/mol. The zero-order valence-electron chi connectivity index (χ0n) is 9.59. The summed E-state index contributed by atoms with van der Waals surface area (Å²) in [5.74, 6) is -1.83. The number of nitrogen functional groups attached to an aromatic ring is 1. The quantitative estimate of drug-likeness (QED) is 0.821. The third-order valence-electron chi connectivity index (χ3n) is 2.87. The van der Waals surface area contributed by atoms with Gasteiger partial charge in [0.05, 0.1) is 0 Å². The molecule has 0 radical (unpaired) electrons. The van der Waals surface area contributed by atoms with Crippen LogP contribution in [-0.4, -0.2) is 31.1 Å². The fourth-order valence-corrected chi connectivity index (χ4v) is 2.00. The molecule has 0 atom stereocenters. The molecule has 2 N–H and O–H groups in total. The van der Waals surface area contributed by atoms with Crippen LogP contribution in [-0.2, 0) is 0 Å². The molecule has 0 bridgehead atoms. The molecule has 1 fully saturated rings. The fourth-order valence-electron chi connectivity index (χ4n) is 2.00. The van der Waals surface area contributed by atoms with Crippen molar-refractivity contribution in [2.75, 3.05) is 32.0 Å². The van der Waals surface area contributed by atoms with Gasteiger partial charge in [0, 0.05) is 24.4 Å². The molecule has 0 saturated carbocycles. The average Bonchev–Trinajstić information content (AvgIpc) is 2.74. The maximum atomic E-state index is 13.4. The van der Waals surface area contributed by atoms with Crippen molar-refractivity contribution >= 4 is 5.69 Å². The molecule has 0 aromatic heterocycles. The first-order valence-electron chi connectivity index (χ1n) is 5.76. The van der Waals surface area contributed by atoms with Gasteiger partial charge in [-0.05, 0) is 25.9 Å². The van der Waals surface area contributed by atoms with Gasteiger partial charge in [0.1, 0.15) is 6.61 Å². The summed E-state index contributed by atoms with van der Waals surface area (Å²) in [6.45, 7) is 3.06. The van der Waals surface area contributed by atoms with E-state index in [4.69, 9.17) is 10.5 Å². The molecule has 2 rings (SSSR count). The second-order valence-corrected chi connectivity index (χ2v) is 4.21. The molecule has 1 aromatic carbocycles. The molecule has 0 unspecified atom stereocenters. The van der Waals surface area contributed by atoms with Gasteiger partial charge >= 0.3 is 0 Å². The third kappa shape index (κ3) is 3.06. The number of hydrogen-bond donors (Lipinski definition) is 1. The van der Waals surface area contributed by atoms with Crippen molar-refractivity contribution in [3.63, 3.8) is 0 Å². The molecular weight excluding hydrogens is 226 g/mol. The van der Waals surface area contributed by atoms with Gasteiger partial charge in [0.25, 0.3) is 0 Å². The lowest BCUT2D eigenvalue weighted by Crippen LogP contribution is -2.25. The Labute approximate surface area is 99.2 Å². The van der Waals surface area contributed by atoms with E-state index in [1.54, 1.807) is 0 Å². The van der Waals surface area contributed by atoms with E-state index in [-0.39, 0.29) is 18.0 Å². The maximum absolute atomic E-state index is 13.4. The minimum atomic E-state index is -0.746. The molecule has 94 valence electrons. The van der Waals surface area contributed by atoms with Gasteiger partial charge in [0.2, 0.25) is 0 Å². The topological polar surface area (TPSA) is 38.5 Å². The molecular formula is C12H16F2N2O. The normalized spacial score (nSPS) is 16.4. The van der Waals surface area contributed by atoms with Gasteiger partial charge < -0.3 is 10.5 Å². The highest BCUT2D eigenvalue weighted by atomic mass is 19.1. The lowest BCUT2D eigenvalue weighted by Gasteiger charge is -2.15. The smallest absolute Gasteiger partial charge is 0.190 e. The van der Waals surface area contributed by atoms with Gasteiger partial charge in [-0.15, -0.1) is 0 Å². The molecule has 0 spiro atoms. The molecule has 0 aliphatic carbocycles. The summed E-state index contributed by atoms with van der Waals surface area (Å²) in [7, 11) is 0. The van der Waals surface area contributed by atoms with Crippen LogP contribution in [0, 0.1) is 11.6 Å². The summed E-state index contributed by atoms with van der Waals surface area (Å²) < 4.78 is 31.8. The summed E-state index contributed by atoms with van der Waals surface area (Å²) >= 11 is 0. The van der Waals surface area contributed by atoms with E-state index in [2.05, 4.69) is 4.90 Å². The molecule has 1 aliphatic rings. The van der Waals surface area contributed by atoms with E-state index < -0.39 is 11.6 Å². The minimum absolute atomic E-state index is 0.0619. The highest BCUT2D eigenvalue weighted by Crippen LogP contribution is 2.24. The van der Waals surface area contributed by atoms with E-state index in [1.165, 1.54) is 12.8 Å². The van der Waals surface area contributed by atoms with E-state index in [9.17, 15) is 8.78 Å². The molecule has 1 heterocycles. The molecule has 1 aromatic rings. The van der Waals surface area contributed by atoms with Gasteiger partial charge in [-0.3, -0.25) is 4.90 Å². The van der Waals surface area contributed by atoms with Crippen LogP contribution in [0.4, 0.5) is 14.5 Å². The number of anilines is 1. The Balaban J connectivity index is 1.89. The number of likely N-dealkylation sites (tertiary alicyclic amines) is 1. The van der Waals surface area contributed by atoms with E-state index in [0.717, 1.165) is 25.2 Å². The van der Waals surface area contributed by atoms with E-state index in [1.807, 2.05) is 0 Å². The fraction of sp³-hybridized carbons (Fsp3) is 0.500. The van der Waals surface area contributed by atoms with Crippen molar-refractivity contribution in [3.05, 3.63) is 23.8 Å².